The minimum absolute atomic E-state index is 0.0643. The Morgan fingerprint density at radius 3 is 2.15 bits per heavy atom. The Kier molecular flexibility index (Phi) is 7.97. The fourth-order valence-electron chi connectivity index (χ4n) is 2.09. The number of amides is 2. The van der Waals surface area contributed by atoms with E-state index in [1.807, 2.05) is 5.32 Å². The Balaban J connectivity index is 2.72. The van der Waals surface area contributed by atoms with Crippen LogP contribution < -0.4 is 16.4 Å². The molecule has 10 nitrogen and oxygen atoms in total. The van der Waals surface area contributed by atoms with E-state index in [0.29, 0.717) is 5.56 Å². The molecule has 0 aliphatic carbocycles. The van der Waals surface area contributed by atoms with E-state index >= 15 is 0 Å². The number of benzene rings is 1. The van der Waals surface area contributed by atoms with Crippen LogP contribution in [0.1, 0.15) is 12.5 Å². The summed E-state index contributed by atoms with van der Waals surface area (Å²) in [5.74, 6) is -3.09. The van der Waals surface area contributed by atoms with E-state index in [9.17, 15) is 24.6 Å². The summed E-state index contributed by atoms with van der Waals surface area (Å²) in [7, 11) is 0. The molecule has 8 N–H and O–H groups in total. The second-order valence-electron chi connectivity index (χ2n) is 5.79. The topological polar surface area (TPSA) is 182 Å². The van der Waals surface area contributed by atoms with Gasteiger partial charge in [-0.3, -0.25) is 9.59 Å². The molecule has 26 heavy (non-hydrogen) atoms. The van der Waals surface area contributed by atoms with Gasteiger partial charge in [0.05, 0.1) is 18.8 Å². The van der Waals surface area contributed by atoms with Gasteiger partial charge in [0.2, 0.25) is 11.8 Å². The standard InChI is InChI=1S/C16H23N3O7/c1-8(21)13(15(24)18-12(7-20)16(25)26)19-14(23)11(17)6-9-2-4-10(22)5-3-9/h2-5,8,11-13,20-22H,6-7,17H2,1H3,(H,18,24)(H,19,23)(H,25,26). The van der Waals surface area contributed by atoms with Crippen molar-refractivity contribution >= 4 is 17.8 Å². The molecule has 0 saturated heterocycles. The number of phenolic OH excluding ortho intramolecular Hbond substituents is 1. The highest BCUT2D eigenvalue weighted by atomic mass is 16.4. The molecular weight excluding hydrogens is 346 g/mol. The molecule has 0 aromatic heterocycles. The second kappa shape index (κ2) is 9.70. The predicted octanol–water partition coefficient (Wildman–Crippen LogP) is -2.31. The molecule has 4 unspecified atom stereocenters. The first-order valence-electron chi connectivity index (χ1n) is 7.81. The molecule has 0 radical (unpaired) electrons. The maximum atomic E-state index is 12.2. The summed E-state index contributed by atoms with van der Waals surface area (Å²) in [4.78, 5) is 35.1. The largest absolute Gasteiger partial charge is 0.508 e. The number of carboxylic acids is 1. The predicted molar refractivity (Wildman–Crippen MR) is 90.1 cm³/mol. The molecule has 10 heteroatoms. The van der Waals surface area contributed by atoms with E-state index in [1.165, 1.54) is 19.1 Å². The monoisotopic (exact) mass is 369 g/mol. The lowest BCUT2D eigenvalue weighted by Crippen LogP contribution is -2.58. The number of carbonyl (C=O) groups is 3. The van der Waals surface area contributed by atoms with Crippen LogP contribution in [-0.2, 0) is 20.8 Å². The van der Waals surface area contributed by atoms with Crippen LogP contribution in [0.2, 0.25) is 0 Å². The summed E-state index contributed by atoms with van der Waals surface area (Å²) < 4.78 is 0. The minimum atomic E-state index is -1.56. The zero-order valence-corrected chi connectivity index (χ0v) is 14.1. The van der Waals surface area contributed by atoms with Gasteiger partial charge in [0.25, 0.3) is 0 Å². The molecular formula is C16H23N3O7. The fourth-order valence-corrected chi connectivity index (χ4v) is 2.09. The van der Waals surface area contributed by atoms with Crippen LogP contribution in [-0.4, -0.2) is 69.0 Å². The van der Waals surface area contributed by atoms with Crippen LogP contribution in [0.4, 0.5) is 0 Å². The summed E-state index contributed by atoms with van der Waals surface area (Å²) in [5, 5.41) is 41.0. The number of carboxylic acid groups (broad SMARTS) is 1. The van der Waals surface area contributed by atoms with Crippen LogP contribution in [0.25, 0.3) is 0 Å². The van der Waals surface area contributed by atoms with Crippen molar-refractivity contribution in [2.75, 3.05) is 6.61 Å². The number of nitrogens with one attached hydrogen (secondary N) is 2. The molecule has 4 atom stereocenters. The van der Waals surface area contributed by atoms with Crippen molar-refractivity contribution in [1.29, 1.82) is 0 Å². The first-order valence-corrected chi connectivity index (χ1v) is 7.81. The van der Waals surface area contributed by atoms with Crippen molar-refractivity contribution in [1.82, 2.24) is 10.6 Å². The van der Waals surface area contributed by atoms with Gasteiger partial charge in [0, 0.05) is 0 Å². The van der Waals surface area contributed by atoms with Crippen molar-refractivity contribution in [2.24, 2.45) is 5.73 Å². The smallest absolute Gasteiger partial charge is 0.328 e. The van der Waals surface area contributed by atoms with Gasteiger partial charge in [-0.25, -0.2) is 4.79 Å². The number of aliphatic hydroxyl groups excluding tert-OH is 2. The Morgan fingerprint density at radius 2 is 1.69 bits per heavy atom. The molecule has 0 saturated carbocycles. The number of aliphatic hydroxyl groups is 2. The molecule has 0 heterocycles. The average molecular weight is 369 g/mol. The molecule has 0 aliphatic rings. The molecule has 144 valence electrons. The molecule has 0 fully saturated rings. The van der Waals surface area contributed by atoms with Gasteiger partial charge in [-0.1, -0.05) is 12.1 Å². The van der Waals surface area contributed by atoms with Gasteiger partial charge in [-0.2, -0.15) is 0 Å². The molecule has 0 bridgehead atoms. The van der Waals surface area contributed by atoms with Gasteiger partial charge < -0.3 is 36.8 Å². The minimum Gasteiger partial charge on any atom is -0.508 e. The second-order valence-corrected chi connectivity index (χ2v) is 5.79. The highest BCUT2D eigenvalue weighted by Gasteiger charge is 2.30. The third kappa shape index (κ3) is 6.31. The lowest BCUT2D eigenvalue weighted by Gasteiger charge is -2.24. The average Bonchev–Trinajstić information content (AvgIpc) is 2.58. The van der Waals surface area contributed by atoms with E-state index in [1.54, 1.807) is 12.1 Å². The maximum absolute atomic E-state index is 12.2. The van der Waals surface area contributed by atoms with E-state index in [-0.39, 0.29) is 12.2 Å². The number of hydrogen-bond donors (Lipinski definition) is 7. The fraction of sp³-hybridized carbons (Fsp3) is 0.438. The lowest BCUT2D eigenvalue weighted by molar-refractivity contribution is -0.144. The number of aliphatic carboxylic acids is 1. The molecule has 2 amide bonds. The molecule has 0 spiro atoms. The molecule has 0 aliphatic heterocycles. The van der Waals surface area contributed by atoms with Crippen LogP contribution in [0.5, 0.6) is 5.75 Å². The van der Waals surface area contributed by atoms with E-state index < -0.39 is 48.6 Å². The van der Waals surface area contributed by atoms with Crippen molar-refractivity contribution in [3.05, 3.63) is 29.8 Å². The van der Waals surface area contributed by atoms with Crippen LogP contribution in [0, 0.1) is 0 Å². The van der Waals surface area contributed by atoms with E-state index in [0.717, 1.165) is 0 Å². The SMILES string of the molecule is CC(O)C(NC(=O)C(N)Cc1ccc(O)cc1)C(=O)NC(CO)C(=O)O. The Hall–Kier alpha value is -2.69. The summed E-state index contributed by atoms with van der Waals surface area (Å²) in [6.07, 6.45) is -1.21. The normalized spacial score (nSPS) is 15.4. The quantitative estimate of drug-likeness (QED) is 0.253. The van der Waals surface area contributed by atoms with Crippen molar-refractivity contribution < 1.29 is 34.8 Å². The Bertz CT molecular complexity index is 633. The summed E-state index contributed by atoms with van der Waals surface area (Å²) in [6, 6.07) is 2.00. The van der Waals surface area contributed by atoms with Gasteiger partial charge in [0.15, 0.2) is 0 Å². The number of hydrogen-bond acceptors (Lipinski definition) is 7. The highest BCUT2D eigenvalue weighted by molar-refractivity contribution is 5.92. The van der Waals surface area contributed by atoms with E-state index in [4.69, 9.17) is 15.9 Å². The zero-order chi connectivity index (χ0) is 19.9. The Labute approximate surface area is 149 Å². The van der Waals surface area contributed by atoms with Crippen molar-refractivity contribution in [3.8, 4) is 5.75 Å². The zero-order valence-electron chi connectivity index (χ0n) is 14.1. The molecule has 1 aromatic carbocycles. The molecule has 1 aromatic rings. The summed E-state index contributed by atoms with van der Waals surface area (Å²) in [5.41, 5.74) is 6.47. The lowest BCUT2D eigenvalue weighted by atomic mass is 10.0. The third-order valence-corrected chi connectivity index (χ3v) is 3.59. The van der Waals surface area contributed by atoms with Gasteiger partial charge in [-0.05, 0) is 31.0 Å². The van der Waals surface area contributed by atoms with Crippen LogP contribution in [0.3, 0.4) is 0 Å². The van der Waals surface area contributed by atoms with Crippen molar-refractivity contribution in [2.45, 2.75) is 37.6 Å². The van der Waals surface area contributed by atoms with Crippen LogP contribution >= 0.6 is 0 Å². The third-order valence-electron chi connectivity index (χ3n) is 3.59. The number of carbonyl (C=O) groups excluding carboxylic acids is 2. The first-order chi connectivity index (χ1) is 12.1. The van der Waals surface area contributed by atoms with E-state index in [2.05, 4.69) is 5.32 Å². The maximum Gasteiger partial charge on any atom is 0.328 e. The highest BCUT2D eigenvalue weighted by Crippen LogP contribution is 2.11. The first kappa shape index (κ1) is 21.4. The summed E-state index contributed by atoms with van der Waals surface area (Å²) >= 11 is 0. The van der Waals surface area contributed by atoms with Crippen molar-refractivity contribution in [3.63, 3.8) is 0 Å². The molecule has 1 rings (SSSR count). The number of aromatic hydroxyl groups is 1. The Morgan fingerprint density at radius 1 is 1.12 bits per heavy atom. The van der Waals surface area contributed by atoms with Gasteiger partial charge in [-0.15, -0.1) is 0 Å². The summed E-state index contributed by atoms with van der Waals surface area (Å²) in [6.45, 7) is 0.395. The van der Waals surface area contributed by atoms with Gasteiger partial charge in [0.1, 0.15) is 17.8 Å². The number of phenols is 1. The van der Waals surface area contributed by atoms with Crippen LogP contribution in [0.15, 0.2) is 24.3 Å². The van der Waals surface area contributed by atoms with Gasteiger partial charge >= 0.3 is 5.97 Å². The number of rotatable bonds is 9. The number of nitrogens with two attached hydrogens (primary N) is 1.